The fraction of sp³-hybridized carbons (Fsp3) is 0.273. The number of ether oxygens (including phenoxy) is 1. The van der Waals surface area contributed by atoms with Crippen molar-refractivity contribution in [2.24, 2.45) is 0 Å². The third kappa shape index (κ3) is 4.48. The van der Waals surface area contributed by atoms with Crippen molar-refractivity contribution in [2.45, 2.75) is 31.4 Å². The van der Waals surface area contributed by atoms with Crippen molar-refractivity contribution < 1.29 is 27.8 Å². The Labute approximate surface area is 175 Å². The number of carboxylic acid groups (broad SMARTS) is 1. The highest BCUT2D eigenvalue weighted by atomic mass is 32.1. The van der Waals surface area contributed by atoms with Crippen LogP contribution >= 0.6 is 11.3 Å². The Kier molecular flexibility index (Phi) is 5.51. The molecule has 3 aromatic rings. The summed E-state index contributed by atoms with van der Waals surface area (Å²) in [6.45, 7) is 0.416. The summed E-state index contributed by atoms with van der Waals surface area (Å²) in [7, 11) is 0. The quantitative estimate of drug-likeness (QED) is 0.553. The predicted molar refractivity (Wildman–Crippen MR) is 107 cm³/mol. The summed E-state index contributed by atoms with van der Waals surface area (Å²) in [5.74, 6) is -0.186. The standard InChI is InChI=1S/C22H18F3NO3S/c23-22(24,25)16-7-4-14(5-8-16)21-26-20-15(6-9-18(20)30-21)12-29-17-3-1-2-13(10-17)11-19(27)28/h1-5,7-8,10,15H,6,9,11-12H2,(H,27,28). The van der Waals surface area contributed by atoms with Crippen LogP contribution in [0.25, 0.3) is 10.6 Å². The van der Waals surface area contributed by atoms with E-state index in [1.54, 1.807) is 24.3 Å². The third-order valence-corrected chi connectivity index (χ3v) is 6.18. The zero-order chi connectivity index (χ0) is 21.3. The molecular formula is C22H18F3NO3S. The number of fused-ring (bicyclic) bond motifs is 1. The molecule has 1 N–H and O–H groups in total. The first kappa shape index (κ1) is 20.4. The minimum atomic E-state index is -4.35. The van der Waals surface area contributed by atoms with Gasteiger partial charge in [-0.05, 0) is 42.7 Å². The molecule has 0 fully saturated rings. The maximum Gasteiger partial charge on any atom is 0.416 e. The summed E-state index contributed by atoms with van der Waals surface area (Å²) >= 11 is 1.51. The molecular weight excluding hydrogens is 415 g/mol. The molecule has 4 nitrogen and oxygen atoms in total. The van der Waals surface area contributed by atoms with Crippen LogP contribution in [0.1, 0.15) is 34.0 Å². The number of thiazole rings is 1. The summed E-state index contributed by atoms with van der Waals surface area (Å²) in [5, 5.41) is 9.63. The Morgan fingerprint density at radius 2 is 1.97 bits per heavy atom. The Morgan fingerprint density at radius 1 is 1.20 bits per heavy atom. The number of halogens is 3. The molecule has 0 saturated heterocycles. The molecule has 1 aromatic heterocycles. The lowest BCUT2D eigenvalue weighted by atomic mass is 10.1. The average molecular weight is 433 g/mol. The van der Waals surface area contributed by atoms with Gasteiger partial charge in [0.05, 0.1) is 24.3 Å². The lowest BCUT2D eigenvalue weighted by Gasteiger charge is -2.12. The SMILES string of the molecule is O=C(O)Cc1cccc(OCC2CCc3sc(-c4ccc(C(F)(F)F)cc4)nc32)c1. The molecule has 156 valence electrons. The molecule has 4 rings (SSSR count). The van der Waals surface area contributed by atoms with Gasteiger partial charge in [0.2, 0.25) is 0 Å². The average Bonchev–Trinajstić information content (AvgIpc) is 3.27. The zero-order valence-corrected chi connectivity index (χ0v) is 16.6. The molecule has 30 heavy (non-hydrogen) atoms. The van der Waals surface area contributed by atoms with Crippen LogP contribution in [0, 0.1) is 0 Å². The van der Waals surface area contributed by atoms with Crippen molar-refractivity contribution in [3.8, 4) is 16.3 Å². The van der Waals surface area contributed by atoms with E-state index in [4.69, 9.17) is 9.84 Å². The topological polar surface area (TPSA) is 59.4 Å². The van der Waals surface area contributed by atoms with Crippen molar-refractivity contribution in [1.29, 1.82) is 0 Å². The Bertz CT molecular complexity index is 1060. The van der Waals surface area contributed by atoms with Gasteiger partial charge >= 0.3 is 12.1 Å². The van der Waals surface area contributed by atoms with Crippen LogP contribution in [-0.2, 0) is 23.8 Å². The summed E-state index contributed by atoms with van der Waals surface area (Å²) in [5.41, 5.74) is 1.61. The van der Waals surface area contributed by atoms with Crippen LogP contribution in [0.5, 0.6) is 5.75 Å². The number of aryl methyl sites for hydroxylation is 1. The van der Waals surface area contributed by atoms with Crippen molar-refractivity contribution in [3.05, 3.63) is 70.2 Å². The predicted octanol–water partition coefficient (Wildman–Crippen LogP) is 5.56. The minimum Gasteiger partial charge on any atom is -0.493 e. The van der Waals surface area contributed by atoms with Crippen molar-refractivity contribution in [2.75, 3.05) is 6.61 Å². The molecule has 1 unspecified atom stereocenters. The van der Waals surface area contributed by atoms with Crippen LogP contribution in [-0.4, -0.2) is 22.7 Å². The van der Waals surface area contributed by atoms with Crippen LogP contribution in [0.2, 0.25) is 0 Å². The van der Waals surface area contributed by atoms with E-state index in [1.807, 2.05) is 0 Å². The number of nitrogens with zero attached hydrogens (tertiary/aromatic N) is 1. The summed E-state index contributed by atoms with van der Waals surface area (Å²) in [6, 6.07) is 12.1. The highest BCUT2D eigenvalue weighted by molar-refractivity contribution is 7.15. The first-order valence-electron chi connectivity index (χ1n) is 9.40. The van der Waals surface area contributed by atoms with Crippen LogP contribution in [0.4, 0.5) is 13.2 Å². The van der Waals surface area contributed by atoms with Crippen molar-refractivity contribution >= 4 is 17.3 Å². The van der Waals surface area contributed by atoms with E-state index in [2.05, 4.69) is 4.98 Å². The molecule has 0 radical (unpaired) electrons. The van der Waals surface area contributed by atoms with E-state index in [9.17, 15) is 18.0 Å². The monoisotopic (exact) mass is 433 g/mol. The third-order valence-electron chi connectivity index (χ3n) is 5.00. The molecule has 0 amide bonds. The smallest absolute Gasteiger partial charge is 0.416 e. The number of carboxylic acids is 1. The first-order valence-corrected chi connectivity index (χ1v) is 10.2. The Morgan fingerprint density at radius 3 is 2.67 bits per heavy atom. The molecule has 0 aliphatic heterocycles. The van der Waals surface area contributed by atoms with Gasteiger partial charge in [-0.25, -0.2) is 4.98 Å². The van der Waals surface area contributed by atoms with Gasteiger partial charge in [-0.3, -0.25) is 4.79 Å². The van der Waals surface area contributed by atoms with E-state index < -0.39 is 17.7 Å². The second-order valence-electron chi connectivity index (χ2n) is 7.17. The van der Waals surface area contributed by atoms with Gasteiger partial charge in [0.15, 0.2) is 0 Å². The maximum absolute atomic E-state index is 12.8. The highest BCUT2D eigenvalue weighted by Gasteiger charge is 2.31. The number of alkyl halides is 3. The van der Waals surface area contributed by atoms with Gasteiger partial charge < -0.3 is 9.84 Å². The lowest BCUT2D eigenvalue weighted by molar-refractivity contribution is -0.138. The summed E-state index contributed by atoms with van der Waals surface area (Å²) in [4.78, 5) is 16.7. The highest BCUT2D eigenvalue weighted by Crippen LogP contribution is 2.40. The number of carbonyl (C=O) groups is 1. The van der Waals surface area contributed by atoms with Gasteiger partial charge in [-0.15, -0.1) is 11.3 Å². The zero-order valence-electron chi connectivity index (χ0n) is 15.8. The van der Waals surface area contributed by atoms with Crippen molar-refractivity contribution in [3.63, 3.8) is 0 Å². The normalized spacial score (nSPS) is 15.8. The fourth-order valence-electron chi connectivity index (χ4n) is 3.51. The molecule has 1 aliphatic rings. The Balaban J connectivity index is 1.45. The van der Waals surface area contributed by atoms with Crippen molar-refractivity contribution in [1.82, 2.24) is 4.98 Å². The van der Waals surface area contributed by atoms with Gasteiger partial charge in [-0.1, -0.05) is 24.3 Å². The number of rotatable bonds is 6. The summed E-state index contributed by atoms with van der Waals surface area (Å²) < 4.78 is 44.2. The Hall–Kier alpha value is -2.87. The minimum absolute atomic E-state index is 0.0622. The van der Waals surface area contributed by atoms with E-state index >= 15 is 0 Å². The maximum atomic E-state index is 12.8. The number of aliphatic carboxylic acids is 1. The van der Waals surface area contributed by atoms with Gasteiger partial charge in [0, 0.05) is 16.4 Å². The molecule has 1 atom stereocenters. The number of aromatic nitrogens is 1. The summed E-state index contributed by atoms with van der Waals surface area (Å²) in [6.07, 6.45) is -2.66. The number of hydrogen-bond donors (Lipinski definition) is 1. The molecule has 1 heterocycles. The lowest BCUT2D eigenvalue weighted by Crippen LogP contribution is -2.09. The van der Waals surface area contributed by atoms with E-state index in [0.717, 1.165) is 35.5 Å². The molecule has 2 aromatic carbocycles. The van der Waals surface area contributed by atoms with E-state index in [-0.39, 0.29) is 12.3 Å². The van der Waals surface area contributed by atoms with E-state index in [1.165, 1.54) is 23.5 Å². The first-order chi connectivity index (χ1) is 14.3. The molecule has 0 bridgehead atoms. The second-order valence-corrected chi connectivity index (χ2v) is 8.25. The second kappa shape index (κ2) is 8.10. The van der Waals surface area contributed by atoms with Gasteiger partial charge in [-0.2, -0.15) is 13.2 Å². The molecule has 1 aliphatic carbocycles. The van der Waals surface area contributed by atoms with E-state index in [0.29, 0.717) is 28.5 Å². The van der Waals surface area contributed by atoms with Gasteiger partial charge in [0.1, 0.15) is 10.8 Å². The van der Waals surface area contributed by atoms with Crippen LogP contribution < -0.4 is 4.74 Å². The fourth-order valence-corrected chi connectivity index (χ4v) is 4.68. The molecule has 8 heteroatoms. The molecule has 0 saturated carbocycles. The van der Waals surface area contributed by atoms with Crippen LogP contribution in [0.15, 0.2) is 48.5 Å². The number of hydrogen-bond acceptors (Lipinski definition) is 4. The number of benzene rings is 2. The van der Waals surface area contributed by atoms with Gasteiger partial charge in [0.25, 0.3) is 0 Å². The largest absolute Gasteiger partial charge is 0.493 e. The van der Waals surface area contributed by atoms with Crippen LogP contribution in [0.3, 0.4) is 0 Å². The molecule has 0 spiro atoms.